The van der Waals surface area contributed by atoms with Crippen molar-refractivity contribution in [2.75, 3.05) is 33.8 Å². The summed E-state index contributed by atoms with van der Waals surface area (Å²) in [6, 6.07) is 18.0. The number of hydrogen-bond donors (Lipinski definition) is 2. The second-order valence-electron chi connectivity index (χ2n) is 6.34. The minimum Gasteiger partial charge on any atom is -0.497 e. The van der Waals surface area contributed by atoms with Gasteiger partial charge in [-0.2, -0.15) is 0 Å². The summed E-state index contributed by atoms with van der Waals surface area (Å²) in [6.07, 6.45) is 0.855. The van der Waals surface area contributed by atoms with E-state index in [0.717, 1.165) is 24.3 Å². The second kappa shape index (κ2) is 13.8. The molecule has 7 heteroatoms. The number of nitrogens with one attached hydrogen (secondary N) is 2. The first-order valence-corrected chi connectivity index (χ1v) is 9.55. The zero-order valence-corrected chi connectivity index (χ0v) is 19.7. The number of methoxy groups -OCH3 is 1. The van der Waals surface area contributed by atoms with E-state index in [9.17, 15) is 4.79 Å². The molecule has 0 radical (unpaired) electrons. The summed E-state index contributed by atoms with van der Waals surface area (Å²) in [5, 5.41) is 6.35. The molecule has 0 aliphatic carbocycles. The van der Waals surface area contributed by atoms with E-state index in [-0.39, 0.29) is 36.4 Å². The predicted octanol–water partition coefficient (Wildman–Crippen LogP) is 3.07. The Balaban J connectivity index is 0.00000420. The minimum atomic E-state index is 0. The Kier molecular flexibility index (Phi) is 11.8. The number of likely N-dealkylation sites (N-methyl/N-ethyl adjacent to an activating group) is 1. The van der Waals surface area contributed by atoms with Gasteiger partial charge in [0.1, 0.15) is 5.75 Å². The summed E-state index contributed by atoms with van der Waals surface area (Å²) >= 11 is 0. The average molecular weight is 510 g/mol. The van der Waals surface area contributed by atoms with Crippen molar-refractivity contribution in [2.24, 2.45) is 4.99 Å². The number of rotatable bonds is 9. The molecular weight excluding hydrogens is 479 g/mol. The van der Waals surface area contributed by atoms with E-state index in [1.54, 1.807) is 14.2 Å². The molecule has 0 unspecified atom stereocenters. The normalized spacial score (nSPS) is 10.7. The van der Waals surface area contributed by atoms with Crippen LogP contribution in [0.5, 0.6) is 5.75 Å². The van der Waals surface area contributed by atoms with E-state index in [2.05, 4.69) is 15.6 Å². The minimum absolute atomic E-state index is 0. The van der Waals surface area contributed by atoms with Crippen LogP contribution in [0.25, 0.3) is 0 Å². The lowest BCUT2D eigenvalue weighted by Crippen LogP contribution is -2.44. The largest absolute Gasteiger partial charge is 0.497 e. The van der Waals surface area contributed by atoms with Gasteiger partial charge >= 0.3 is 0 Å². The van der Waals surface area contributed by atoms with Gasteiger partial charge in [0.05, 0.1) is 13.7 Å². The Hall–Kier alpha value is -2.29. The predicted molar refractivity (Wildman–Crippen MR) is 129 cm³/mol. The van der Waals surface area contributed by atoms with Crippen LogP contribution in [0.3, 0.4) is 0 Å². The van der Waals surface area contributed by atoms with Crippen molar-refractivity contribution in [1.29, 1.82) is 0 Å². The van der Waals surface area contributed by atoms with Crippen LogP contribution in [-0.4, -0.2) is 50.6 Å². The van der Waals surface area contributed by atoms with Crippen LogP contribution in [0, 0.1) is 0 Å². The molecule has 1 amide bonds. The highest BCUT2D eigenvalue weighted by Gasteiger charge is 2.12. The maximum absolute atomic E-state index is 12.5. The maximum Gasteiger partial charge on any atom is 0.242 e. The molecule has 0 heterocycles. The smallest absolute Gasteiger partial charge is 0.242 e. The van der Waals surface area contributed by atoms with Crippen molar-refractivity contribution < 1.29 is 9.53 Å². The summed E-state index contributed by atoms with van der Waals surface area (Å²) in [4.78, 5) is 18.5. The SMILES string of the molecule is CCN(Cc1ccccc1)C(=O)CNC(=NC)NCCc1ccc(OC)cc1.I. The highest BCUT2D eigenvalue weighted by atomic mass is 127. The number of guanidine groups is 1. The van der Waals surface area contributed by atoms with Crippen molar-refractivity contribution in [2.45, 2.75) is 19.9 Å². The van der Waals surface area contributed by atoms with E-state index in [1.807, 2.05) is 66.4 Å². The lowest BCUT2D eigenvalue weighted by atomic mass is 10.1. The Morgan fingerprint density at radius 3 is 2.31 bits per heavy atom. The molecule has 0 atom stereocenters. The number of ether oxygens (including phenoxy) is 1. The van der Waals surface area contributed by atoms with E-state index >= 15 is 0 Å². The standard InChI is InChI=1S/C22H30N4O2.HI/c1-4-26(17-19-8-6-5-7-9-19)21(27)16-25-22(23-2)24-15-14-18-10-12-20(28-3)13-11-18;/h5-13H,4,14-17H2,1-3H3,(H2,23,24,25);1H. The number of halogens is 1. The fraction of sp³-hybridized carbons (Fsp3) is 0.364. The molecule has 0 aliphatic rings. The quantitative estimate of drug-likeness (QED) is 0.309. The topological polar surface area (TPSA) is 66.0 Å². The van der Waals surface area contributed by atoms with Gasteiger partial charge < -0.3 is 20.3 Å². The highest BCUT2D eigenvalue weighted by molar-refractivity contribution is 14.0. The number of benzene rings is 2. The third-order valence-corrected chi connectivity index (χ3v) is 4.45. The molecule has 158 valence electrons. The fourth-order valence-electron chi connectivity index (χ4n) is 2.79. The second-order valence-corrected chi connectivity index (χ2v) is 6.34. The zero-order valence-electron chi connectivity index (χ0n) is 17.4. The van der Waals surface area contributed by atoms with Crippen LogP contribution in [-0.2, 0) is 17.8 Å². The number of hydrogen-bond acceptors (Lipinski definition) is 3. The molecule has 2 N–H and O–H groups in total. The third kappa shape index (κ3) is 8.72. The summed E-state index contributed by atoms with van der Waals surface area (Å²) in [6.45, 7) is 4.20. The summed E-state index contributed by atoms with van der Waals surface area (Å²) in [7, 11) is 3.36. The van der Waals surface area contributed by atoms with E-state index in [0.29, 0.717) is 19.0 Å². The first kappa shape index (κ1) is 24.7. The van der Waals surface area contributed by atoms with Crippen molar-refractivity contribution in [3.8, 4) is 5.75 Å². The van der Waals surface area contributed by atoms with Gasteiger partial charge in [-0.1, -0.05) is 42.5 Å². The first-order valence-electron chi connectivity index (χ1n) is 9.55. The molecule has 0 bridgehead atoms. The number of nitrogens with zero attached hydrogens (tertiary/aromatic N) is 2. The number of aliphatic imine (C=N–C) groups is 1. The van der Waals surface area contributed by atoms with Gasteiger partial charge in [-0.25, -0.2) is 0 Å². The fourth-order valence-corrected chi connectivity index (χ4v) is 2.79. The van der Waals surface area contributed by atoms with Gasteiger partial charge in [-0.05, 0) is 36.6 Å². The van der Waals surface area contributed by atoms with E-state index < -0.39 is 0 Å². The van der Waals surface area contributed by atoms with Gasteiger partial charge in [0.2, 0.25) is 5.91 Å². The molecular formula is C22H31IN4O2. The van der Waals surface area contributed by atoms with Gasteiger partial charge in [-0.3, -0.25) is 9.79 Å². The lowest BCUT2D eigenvalue weighted by Gasteiger charge is -2.22. The summed E-state index contributed by atoms with van der Waals surface area (Å²) in [5.74, 6) is 1.52. The average Bonchev–Trinajstić information content (AvgIpc) is 2.75. The molecule has 2 aromatic rings. The monoisotopic (exact) mass is 510 g/mol. The Bertz CT molecular complexity index is 751. The summed E-state index contributed by atoms with van der Waals surface area (Å²) in [5.41, 5.74) is 2.33. The van der Waals surface area contributed by atoms with Crippen molar-refractivity contribution in [3.05, 3.63) is 65.7 Å². The maximum atomic E-state index is 12.5. The van der Waals surface area contributed by atoms with Gasteiger partial charge in [-0.15, -0.1) is 24.0 Å². The van der Waals surface area contributed by atoms with Gasteiger partial charge in [0.15, 0.2) is 5.96 Å². The molecule has 6 nitrogen and oxygen atoms in total. The van der Waals surface area contributed by atoms with Crippen LogP contribution < -0.4 is 15.4 Å². The Morgan fingerprint density at radius 2 is 1.72 bits per heavy atom. The molecule has 29 heavy (non-hydrogen) atoms. The molecule has 2 aromatic carbocycles. The molecule has 0 aliphatic heterocycles. The zero-order chi connectivity index (χ0) is 20.2. The van der Waals surface area contributed by atoms with Crippen LogP contribution in [0.2, 0.25) is 0 Å². The third-order valence-electron chi connectivity index (χ3n) is 4.45. The lowest BCUT2D eigenvalue weighted by molar-refractivity contribution is -0.130. The van der Waals surface area contributed by atoms with Gasteiger partial charge in [0.25, 0.3) is 0 Å². The van der Waals surface area contributed by atoms with E-state index in [4.69, 9.17) is 4.74 Å². The van der Waals surface area contributed by atoms with Crippen molar-refractivity contribution >= 4 is 35.8 Å². The molecule has 0 aromatic heterocycles. The number of carbonyl (C=O) groups excluding carboxylic acids is 1. The summed E-state index contributed by atoms with van der Waals surface area (Å²) < 4.78 is 5.17. The van der Waals surface area contributed by atoms with Crippen molar-refractivity contribution in [1.82, 2.24) is 15.5 Å². The molecule has 2 rings (SSSR count). The molecule has 0 fully saturated rings. The van der Waals surface area contributed by atoms with Gasteiger partial charge in [0, 0.05) is 26.7 Å². The Morgan fingerprint density at radius 1 is 1.03 bits per heavy atom. The van der Waals surface area contributed by atoms with E-state index in [1.165, 1.54) is 5.56 Å². The Labute approximate surface area is 190 Å². The van der Waals surface area contributed by atoms with Crippen molar-refractivity contribution in [3.63, 3.8) is 0 Å². The molecule has 0 saturated heterocycles. The van der Waals surface area contributed by atoms with Crippen LogP contribution in [0.4, 0.5) is 0 Å². The molecule has 0 spiro atoms. The van der Waals surface area contributed by atoms with Crippen LogP contribution in [0.1, 0.15) is 18.1 Å². The number of amides is 1. The van der Waals surface area contributed by atoms with Crippen LogP contribution >= 0.6 is 24.0 Å². The first-order chi connectivity index (χ1) is 13.7. The number of carbonyl (C=O) groups is 1. The highest BCUT2D eigenvalue weighted by Crippen LogP contribution is 2.11. The van der Waals surface area contributed by atoms with Crippen LogP contribution in [0.15, 0.2) is 59.6 Å². The molecule has 0 saturated carbocycles.